The first kappa shape index (κ1) is 17.0. The van der Waals surface area contributed by atoms with Crippen LogP contribution >= 0.6 is 11.6 Å². The minimum Gasteiger partial charge on any atom is -0.742 e. The summed E-state index contributed by atoms with van der Waals surface area (Å²) in [4.78, 5) is 11.5. The van der Waals surface area contributed by atoms with Gasteiger partial charge in [0.1, 0.15) is 11.5 Å². The summed E-state index contributed by atoms with van der Waals surface area (Å²) in [6.45, 7) is -0.320. The molecule has 2 aromatic rings. The Morgan fingerprint density at radius 3 is 2.74 bits per heavy atom. The molecule has 0 saturated heterocycles. The fraction of sp³-hybridized carbons (Fsp3) is 0.0769. The molecule has 0 aliphatic rings. The fourth-order valence-electron chi connectivity index (χ4n) is 1.44. The van der Waals surface area contributed by atoms with Gasteiger partial charge in [-0.2, -0.15) is 5.10 Å². The molecule has 10 heteroatoms. The zero-order chi connectivity index (χ0) is 16.9. The van der Waals surface area contributed by atoms with Crippen LogP contribution in [0.4, 0.5) is 0 Å². The number of hydrogen-bond acceptors (Lipinski definition) is 7. The number of amides is 1. The second kappa shape index (κ2) is 7.27. The summed E-state index contributed by atoms with van der Waals surface area (Å²) in [6, 6.07) is 8.86. The molecular weight excluding hydrogens is 348 g/mol. The molecule has 1 aromatic carbocycles. The number of rotatable bonds is 6. The number of nitrogens with one attached hydrogen (secondary N) is 1. The normalized spacial score (nSPS) is 11.6. The van der Waals surface area contributed by atoms with Crippen LogP contribution in [0.25, 0.3) is 0 Å². The molecule has 0 atom stereocenters. The molecule has 2 rings (SSSR count). The van der Waals surface area contributed by atoms with Gasteiger partial charge >= 0.3 is 0 Å². The molecule has 1 heterocycles. The van der Waals surface area contributed by atoms with Crippen molar-refractivity contribution in [3.8, 4) is 5.75 Å². The van der Waals surface area contributed by atoms with E-state index in [1.807, 2.05) is 0 Å². The maximum absolute atomic E-state index is 11.5. The van der Waals surface area contributed by atoms with Crippen molar-refractivity contribution in [2.24, 2.45) is 5.10 Å². The molecule has 0 unspecified atom stereocenters. The van der Waals surface area contributed by atoms with E-state index in [1.165, 1.54) is 6.07 Å². The molecule has 0 spiro atoms. The first-order valence-corrected chi connectivity index (χ1v) is 7.90. The summed E-state index contributed by atoms with van der Waals surface area (Å²) in [7, 11) is -4.66. The molecule has 0 saturated carbocycles. The molecule has 122 valence electrons. The Labute approximate surface area is 136 Å². The monoisotopic (exact) mass is 357 g/mol. The van der Waals surface area contributed by atoms with Crippen LogP contribution < -0.4 is 10.2 Å². The van der Waals surface area contributed by atoms with E-state index in [-0.39, 0.29) is 12.4 Å². The summed E-state index contributed by atoms with van der Waals surface area (Å²) >= 11 is 5.86. The topological polar surface area (TPSA) is 121 Å². The number of hydrazone groups is 1. The maximum atomic E-state index is 11.5. The van der Waals surface area contributed by atoms with Crippen molar-refractivity contribution < 1.29 is 26.9 Å². The number of furan rings is 1. The second-order valence-electron chi connectivity index (χ2n) is 4.12. The van der Waals surface area contributed by atoms with Crippen molar-refractivity contribution in [1.29, 1.82) is 0 Å². The van der Waals surface area contributed by atoms with Crippen LogP contribution in [0, 0.1) is 0 Å². The third-order valence-electron chi connectivity index (χ3n) is 2.42. The second-order valence-corrected chi connectivity index (χ2v) is 5.84. The zero-order valence-electron chi connectivity index (χ0n) is 11.4. The van der Waals surface area contributed by atoms with Gasteiger partial charge in [-0.15, -0.1) is 0 Å². The molecule has 0 radical (unpaired) electrons. The predicted molar refractivity (Wildman–Crippen MR) is 79.4 cm³/mol. The quantitative estimate of drug-likeness (QED) is 0.473. The number of nitrogens with zero attached hydrogens (tertiary/aromatic N) is 1. The predicted octanol–water partition coefficient (Wildman–Crippen LogP) is 1.37. The van der Waals surface area contributed by atoms with E-state index in [2.05, 4.69) is 10.5 Å². The van der Waals surface area contributed by atoms with Gasteiger partial charge in [0.05, 0.1) is 11.2 Å². The number of hydrogen-bond donors (Lipinski definition) is 1. The van der Waals surface area contributed by atoms with Crippen molar-refractivity contribution in [2.75, 3.05) is 6.61 Å². The van der Waals surface area contributed by atoms with Crippen LogP contribution in [0.5, 0.6) is 5.75 Å². The lowest BCUT2D eigenvalue weighted by atomic mass is 10.3. The minimum atomic E-state index is -4.66. The third-order valence-corrected chi connectivity index (χ3v) is 3.45. The van der Waals surface area contributed by atoms with Crippen molar-refractivity contribution >= 4 is 33.8 Å². The molecule has 0 bridgehead atoms. The van der Waals surface area contributed by atoms with Crippen LogP contribution in [0.3, 0.4) is 0 Å². The van der Waals surface area contributed by atoms with Gasteiger partial charge in [0, 0.05) is 0 Å². The Hall–Kier alpha value is -2.36. The van der Waals surface area contributed by atoms with E-state index in [0.29, 0.717) is 10.8 Å². The summed E-state index contributed by atoms with van der Waals surface area (Å²) in [6.07, 6.45) is 1.04. The van der Waals surface area contributed by atoms with Gasteiger partial charge in [0.25, 0.3) is 5.91 Å². The number of ether oxygens (including phenoxy) is 1. The highest BCUT2D eigenvalue weighted by atomic mass is 35.5. The van der Waals surface area contributed by atoms with Crippen molar-refractivity contribution in [2.45, 2.75) is 5.09 Å². The molecule has 8 nitrogen and oxygen atoms in total. The van der Waals surface area contributed by atoms with Gasteiger partial charge in [-0.05, 0) is 24.3 Å². The Kier molecular flexibility index (Phi) is 5.37. The molecule has 0 aliphatic carbocycles. The van der Waals surface area contributed by atoms with E-state index < -0.39 is 21.1 Å². The average Bonchev–Trinajstić information content (AvgIpc) is 2.95. The largest absolute Gasteiger partial charge is 0.742 e. The molecule has 0 fully saturated rings. The molecule has 1 N–H and O–H groups in total. The summed E-state index contributed by atoms with van der Waals surface area (Å²) < 4.78 is 42.0. The number of benzene rings is 1. The SMILES string of the molecule is O=C(COc1ccccc1Cl)N/N=C\c1ccc(S(=O)(=O)[O-])o1. The smallest absolute Gasteiger partial charge is 0.277 e. The lowest BCUT2D eigenvalue weighted by molar-refractivity contribution is -0.123. The molecule has 1 aromatic heterocycles. The average molecular weight is 358 g/mol. The van der Waals surface area contributed by atoms with Gasteiger partial charge < -0.3 is 13.7 Å². The summed E-state index contributed by atoms with van der Waals surface area (Å²) in [5, 5.41) is 3.18. The highest BCUT2D eigenvalue weighted by molar-refractivity contribution is 7.85. The minimum absolute atomic E-state index is 0.00764. The van der Waals surface area contributed by atoms with Crippen LogP contribution in [-0.4, -0.2) is 31.7 Å². The Balaban J connectivity index is 1.84. The zero-order valence-corrected chi connectivity index (χ0v) is 13.0. The standard InChI is InChI=1S/C13H11ClN2O6S/c14-10-3-1-2-4-11(10)21-8-12(17)16-15-7-9-5-6-13(22-9)23(18,19)20/h1-7H,8H2,(H,16,17)(H,18,19,20)/p-1/b15-7-. The van der Waals surface area contributed by atoms with Crippen molar-refractivity contribution in [3.63, 3.8) is 0 Å². The molecule has 23 heavy (non-hydrogen) atoms. The lowest BCUT2D eigenvalue weighted by Gasteiger charge is -2.06. The van der Waals surface area contributed by atoms with Crippen LogP contribution in [0.1, 0.15) is 5.76 Å². The Morgan fingerprint density at radius 1 is 1.35 bits per heavy atom. The number of carbonyl (C=O) groups is 1. The highest BCUT2D eigenvalue weighted by Crippen LogP contribution is 2.22. The van der Waals surface area contributed by atoms with Crippen molar-refractivity contribution in [3.05, 3.63) is 47.2 Å². The van der Waals surface area contributed by atoms with Crippen LogP contribution in [-0.2, 0) is 14.9 Å². The van der Waals surface area contributed by atoms with Crippen LogP contribution in [0.15, 0.2) is 51.0 Å². The molecular formula is C13H10ClN2O6S-. The number of halogens is 1. The van der Waals surface area contributed by atoms with E-state index in [0.717, 1.165) is 12.3 Å². The Morgan fingerprint density at radius 2 is 2.09 bits per heavy atom. The highest BCUT2D eigenvalue weighted by Gasteiger charge is 2.07. The first-order valence-electron chi connectivity index (χ1n) is 6.11. The maximum Gasteiger partial charge on any atom is 0.277 e. The van der Waals surface area contributed by atoms with Gasteiger partial charge in [-0.1, -0.05) is 23.7 Å². The summed E-state index contributed by atoms with van der Waals surface area (Å²) in [5.41, 5.74) is 2.14. The number of carbonyl (C=O) groups excluding carboxylic acids is 1. The first-order chi connectivity index (χ1) is 10.9. The van der Waals surface area contributed by atoms with Gasteiger partial charge in [0.2, 0.25) is 5.09 Å². The van der Waals surface area contributed by atoms with E-state index in [4.69, 9.17) is 20.8 Å². The molecule has 0 aliphatic heterocycles. The molecule has 1 amide bonds. The van der Waals surface area contributed by atoms with E-state index in [1.54, 1.807) is 24.3 Å². The van der Waals surface area contributed by atoms with Gasteiger partial charge in [-0.3, -0.25) is 4.79 Å². The third kappa shape index (κ3) is 5.09. The number of para-hydroxylation sites is 1. The fourth-order valence-corrected chi connectivity index (χ4v) is 2.07. The van der Waals surface area contributed by atoms with Crippen molar-refractivity contribution in [1.82, 2.24) is 5.43 Å². The van der Waals surface area contributed by atoms with Gasteiger partial charge in [-0.25, -0.2) is 13.8 Å². The van der Waals surface area contributed by atoms with Gasteiger partial charge in [0.15, 0.2) is 16.7 Å². The summed E-state index contributed by atoms with van der Waals surface area (Å²) in [5.74, 6) is -0.222. The lowest BCUT2D eigenvalue weighted by Crippen LogP contribution is -2.24. The van der Waals surface area contributed by atoms with Crippen LogP contribution in [0.2, 0.25) is 5.02 Å². The van der Waals surface area contributed by atoms with E-state index >= 15 is 0 Å². The Bertz CT molecular complexity index is 830. The van der Waals surface area contributed by atoms with E-state index in [9.17, 15) is 17.8 Å².